The maximum atomic E-state index is 13.9. The first-order valence-electron chi connectivity index (χ1n) is 11.8. The number of phenols is 1. The van der Waals surface area contributed by atoms with Gasteiger partial charge >= 0.3 is 5.97 Å². The standard InChI is InChI=1S/C26H24N2O10/c1-28(2)14-8-13(21-11(25(35)36)3-4-38-21)19(30)17-12(14)6-9-5-10-7-15(29)18(24(27)34)23(33)26(10,37)22(32)16(9)20(17)31/h3-4,8-10,16,18,30,37H,5-7H2,1-2H3,(H2,27,34)(H,35,36)/t9-,10+,16?,18?,26+/m1/s1. The van der Waals surface area contributed by atoms with Crippen molar-refractivity contribution >= 4 is 40.7 Å². The summed E-state index contributed by atoms with van der Waals surface area (Å²) >= 11 is 0. The first kappa shape index (κ1) is 25.3. The molecular weight excluding hydrogens is 500 g/mol. The maximum Gasteiger partial charge on any atom is 0.339 e. The molecular formula is C26H24N2O10. The molecule has 1 heterocycles. The van der Waals surface area contributed by atoms with Crippen LogP contribution in [-0.4, -0.2) is 70.0 Å². The summed E-state index contributed by atoms with van der Waals surface area (Å²) in [5.41, 5.74) is 2.71. The Labute approximate surface area is 215 Å². The van der Waals surface area contributed by atoms with Crippen LogP contribution in [0.4, 0.5) is 5.69 Å². The van der Waals surface area contributed by atoms with E-state index in [1.54, 1.807) is 19.0 Å². The summed E-state index contributed by atoms with van der Waals surface area (Å²) in [4.78, 5) is 78.2. The number of Topliss-reactive ketones (excluding diaryl/α,β-unsaturated/α-hetero) is 4. The molecule has 1 amide bonds. The van der Waals surface area contributed by atoms with E-state index < -0.39 is 76.5 Å². The van der Waals surface area contributed by atoms with Crippen molar-refractivity contribution in [3.63, 3.8) is 0 Å². The zero-order valence-electron chi connectivity index (χ0n) is 20.4. The second kappa shape index (κ2) is 8.35. The third-order valence-electron chi connectivity index (χ3n) is 8.00. The molecule has 3 aliphatic carbocycles. The Hall–Kier alpha value is -4.32. The molecule has 5 rings (SSSR count). The summed E-state index contributed by atoms with van der Waals surface area (Å²) in [6.45, 7) is 0. The lowest BCUT2D eigenvalue weighted by Gasteiger charge is -2.48. The van der Waals surface area contributed by atoms with Gasteiger partial charge in [-0.3, -0.25) is 24.0 Å². The highest BCUT2D eigenvalue weighted by atomic mass is 16.4. The minimum Gasteiger partial charge on any atom is -0.506 e. The Balaban J connectivity index is 1.67. The first-order valence-corrected chi connectivity index (χ1v) is 11.8. The van der Waals surface area contributed by atoms with Crippen molar-refractivity contribution in [1.29, 1.82) is 0 Å². The number of aromatic hydroxyl groups is 1. The number of benzene rings is 1. The maximum absolute atomic E-state index is 13.9. The number of hydrogen-bond acceptors (Lipinski definition) is 10. The van der Waals surface area contributed by atoms with Crippen LogP contribution in [0.25, 0.3) is 11.3 Å². The third kappa shape index (κ3) is 3.26. The molecule has 1 aromatic heterocycles. The number of primary amides is 1. The molecule has 2 fully saturated rings. The Kier molecular flexibility index (Phi) is 5.57. The van der Waals surface area contributed by atoms with Gasteiger partial charge in [-0.15, -0.1) is 0 Å². The van der Waals surface area contributed by atoms with Crippen molar-refractivity contribution in [3.05, 3.63) is 35.1 Å². The number of aromatic carboxylic acids is 1. The average Bonchev–Trinajstić information content (AvgIpc) is 3.31. The number of phenolic OH excluding ortho intramolecular Hbond substituents is 1. The highest BCUT2D eigenvalue weighted by Crippen LogP contribution is 2.52. The van der Waals surface area contributed by atoms with Crippen molar-refractivity contribution in [2.24, 2.45) is 29.4 Å². The van der Waals surface area contributed by atoms with E-state index >= 15 is 0 Å². The van der Waals surface area contributed by atoms with Gasteiger partial charge in [0.25, 0.3) is 0 Å². The first-order chi connectivity index (χ1) is 17.8. The number of rotatable bonds is 4. The molecule has 3 aliphatic rings. The second-order valence-corrected chi connectivity index (χ2v) is 10.2. The highest BCUT2D eigenvalue weighted by molar-refractivity contribution is 6.31. The number of carboxylic acids is 1. The van der Waals surface area contributed by atoms with Crippen LogP contribution in [0.5, 0.6) is 5.75 Å². The Morgan fingerprint density at radius 2 is 1.82 bits per heavy atom. The number of nitrogens with zero attached hydrogens (tertiary/aromatic N) is 1. The van der Waals surface area contributed by atoms with Crippen molar-refractivity contribution in [2.75, 3.05) is 19.0 Å². The number of carbonyl (C=O) groups excluding carboxylic acids is 5. The molecule has 38 heavy (non-hydrogen) atoms. The van der Waals surface area contributed by atoms with E-state index in [-0.39, 0.29) is 35.3 Å². The molecule has 2 unspecified atom stereocenters. The molecule has 5 N–H and O–H groups in total. The molecule has 0 radical (unpaired) electrons. The lowest BCUT2D eigenvalue weighted by molar-refractivity contribution is -0.175. The van der Waals surface area contributed by atoms with Gasteiger partial charge in [0, 0.05) is 32.1 Å². The van der Waals surface area contributed by atoms with Crippen LogP contribution in [0.2, 0.25) is 0 Å². The topological polar surface area (TPSA) is 206 Å². The molecule has 2 saturated carbocycles. The normalized spacial score (nSPS) is 28.4. The van der Waals surface area contributed by atoms with Crippen molar-refractivity contribution in [1.82, 2.24) is 0 Å². The van der Waals surface area contributed by atoms with E-state index in [4.69, 9.17) is 10.2 Å². The van der Waals surface area contributed by atoms with Gasteiger partial charge in [0.05, 0.1) is 23.3 Å². The molecule has 0 saturated heterocycles. The molecule has 5 atom stereocenters. The summed E-state index contributed by atoms with van der Waals surface area (Å²) in [6, 6.07) is 2.67. The predicted molar refractivity (Wildman–Crippen MR) is 127 cm³/mol. The zero-order chi connectivity index (χ0) is 27.8. The van der Waals surface area contributed by atoms with E-state index in [0.717, 1.165) is 6.26 Å². The largest absolute Gasteiger partial charge is 0.506 e. The number of hydrogen-bond donors (Lipinski definition) is 4. The number of anilines is 1. The summed E-state index contributed by atoms with van der Waals surface area (Å²) in [5, 5.41) is 32.1. The second-order valence-electron chi connectivity index (χ2n) is 10.2. The number of fused-ring (bicyclic) bond motifs is 3. The number of carboxylic acid groups (broad SMARTS) is 1. The van der Waals surface area contributed by atoms with Gasteiger partial charge in [-0.05, 0) is 36.5 Å². The van der Waals surface area contributed by atoms with E-state index in [0.29, 0.717) is 11.3 Å². The molecule has 198 valence electrons. The van der Waals surface area contributed by atoms with Crippen molar-refractivity contribution < 1.29 is 48.5 Å². The van der Waals surface area contributed by atoms with Gasteiger partial charge in [0.1, 0.15) is 11.3 Å². The van der Waals surface area contributed by atoms with Gasteiger partial charge in [-0.25, -0.2) is 4.79 Å². The molecule has 0 spiro atoms. The summed E-state index contributed by atoms with van der Waals surface area (Å²) in [6.07, 6.45) is 0.762. The number of ketones is 4. The van der Waals surface area contributed by atoms with Crippen LogP contribution < -0.4 is 10.6 Å². The Morgan fingerprint density at radius 1 is 1.13 bits per heavy atom. The minimum absolute atomic E-state index is 0.0300. The monoisotopic (exact) mass is 524 g/mol. The van der Waals surface area contributed by atoms with Crippen LogP contribution in [0.3, 0.4) is 0 Å². The fourth-order valence-electron chi connectivity index (χ4n) is 6.27. The summed E-state index contributed by atoms with van der Waals surface area (Å²) in [5.74, 6) is -12.9. The number of aliphatic hydroxyl groups is 1. The quantitative estimate of drug-likeness (QED) is 0.401. The van der Waals surface area contributed by atoms with Crippen LogP contribution in [-0.2, 0) is 25.6 Å². The molecule has 2 aromatic rings. The van der Waals surface area contributed by atoms with Crippen LogP contribution in [0, 0.1) is 23.7 Å². The van der Waals surface area contributed by atoms with E-state index in [1.165, 1.54) is 12.1 Å². The predicted octanol–water partition coefficient (Wildman–Crippen LogP) is 0.351. The lowest BCUT2D eigenvalue weighted by Crippen LogP contribution is -2.68. The highest BCUT2D eigenvalue weighted by Gasteiger charge is 2.66. The number of carbonyl (C=O) groups is 6. The van der Waals surface area contributed by atoms with Gasteiger partial charge in [0.2, 0.25) is 5.91 Å². The molecule has 0 bridgehead atoms. The van der Waals surface area contributed by atoms with Gasteiger partial charge in [-0.2, -0.15) is 0 Å². The summed E-state index contributed by atoms with van der Waals surface area (Å²) in [7, 11) is 3.36. The molecule has 0 aliphatic heterocycles. The van der Waals surface area contributed by atoms with Gasteiger partial charge in [-0.1, -0.05) is 0 Å². The van der Waals surface area contributed by atoms with Gasteiger partial charge in [0.15, 0.2) is 40.4 Å². The SMILES string of the molecule is CN(C)c1cc(-c2occc2C(=O)O)c(O)c2c1C[C@H]1C[C@H]3CC(=O)C(C(N)=O)C(=O)[C@@]3(O)C(=O)C1C2=O. The Bertz CT molecular complexity index is 1470. The number of amides is 1. The van der Waals surface area contributed by atoms with Crippen LogP contribution >= 0.6 is 0 Å². The van der Waals surface area contributed by atoms with Crippen molar-refractivity contribution in [3.8, 4) is 17.1 Å². The Morgan fingerprint density at radius 3 is 2.42 bits per heavy atom. The zero-order valence-corrected chi connectivity index (χ0v) is 20.4. The number of nitrogens with two attached hydrogens (primary N) is 1. The fraction of sp³-hybridized carbons (Fsp3) is 0.385. The van der Waals surface area contributed by atoms with Crippen LogP contribution in [0.15, 0.2) is 22.8 Å². The number of furan rings is 1. The summed E-state index contributed by atoms with van der Waals surface area (Å²) < 4.78 is 5.33. The van der Waals surface area contributed by atoms with E-state index in [1.807, 2.05) is 0 Å². The molecule has 1 aromatic carbocycles. The average molecular weight is 524 g/mol. The third-order valence-corrected chi connectivity index (χ3v) is 8.00. The van der Waals surface area contributed by atoms with Crippen LogP contribution in [0.1, 0.15) is 39.1 Å². The minimum atomic E-state index is -2.75. The fourth-order valence-corrected chi connectivity index (χ4v) is 6.27. The smallest absolute Gasteiger partial charge is 0.339 e. The van der Waals surface area contributed by atoms with E-state index in [9.17, 15) is 44.1 Å². The van der Waals surface area contributed by atoms with E-state index in [2.05, 4.69) is 0 Å². The lowest BCUT2D eigenvalue weighted by atomic mass is 9.53. The molecule has 12 nitrogen and oxygen atoms in total. The molecule has 12 heteroatoms. The van der Waals surface area contributed by atoms with Gasteiger partial charge < -0.3 is 30.4 Å². The van der Waals surface area contributed by atoms with Crippen molar-refractivity contribution in [2.45, 2.75) is 24.9 Å².